The molecule has 2 aromatic rings. The number of aliphatic carboxylic acids is 1. The fraction of sp³-hybridized carbons (Fsp3) is 0.375. The minimum atomic E-state index is -0.725. The Labute approximate surface area is 140 Å². The predicted octanol–water partition coefficient (Wildman–Crippen LogP) is 0.738. The van der Waals surface area contributed by atoms with E-state index in [1.165, 1.54) is 10.9 Å². The van der Waals surface area contributed by atoms with Crippen molar-refractivity contribution < 1.29 is 31.4 Å². The van der Waals surface area contributed by atoms with Crippen molar-refractivity contribution >= 4 is 28.5 Å². The number of aryl methyl sites for hydroxylation is 2. The fourth-order valence-corrected chi connectivity index (χ4v) is 2.78. The number of fused-ring (bicyclic) bond motifs is 1. The third kappa shape index (κ3) is 4.68. The van der Waals surface area contributed by atoms with E-state index in [1.54, 1.807) is 0 Å². The van der Waals surface area contributed by atoms with Gasteiger partial charge in [0.05, 0.1) is 0 Å². The van der Waals surface area contributed by atoms with Gasteiger partial charge in [-0.2, -0.15) is 4.57 Å². The van der Waals surface area contributed by atoms with Crippen LogP contribution in [0.25, 0.3) is 10.9 Å². The summed E-state index contributed by atoms with van der Waals surface area (Å²) in [5.41, 5.74) is 2.31. The van der Waals surface area contributed by atoms with Crippen molar-refractivity contribution in [3.63, 3.8) is 0 Å². The molecule has 0 saturated heterocycles. The Balaban J connectivity index is 0.00000220. The van der Waals surface area contributed by atoms with Gasteiger partial charge in [-0.1, -0.05) is 12.1 Å². The highest BCUT2D eigenvalue weighted by Crippen LogP contribution is 2.18. The van der Waals surface area contributed by atoms with Crippen molar-refractivity contribution in [2.24, 2.45) is 0 Å². The summed E-state index contributed by atoms with van der Waals surface area (Å²) < 4.78 is 2.10. The second kappa shape index (κ2) is 8.35. The molecule has 5 heteroatoms. The average molecular weight is 373 g/mol. The number of aromatic nitrogens is 1. The molecule has 0 atom stereocenters. The Morgan fingerprint density at radius 3 is 2.67 bits per heavy atom. The Kier molecular flexibility index (Phi) is 7.12. The first-order valence-electron chi connectivity index (χ1n) is 6.89. The van der Waals surface area contributed by atoms with E-state index < -0.39 is 5.97 Å². The van der Waals surface area contributed by atoms with E-state index in [9.17, 15) is 4.79 Å². The van der Waals surface area contributed by atoms with E-state index in [0.29, 0.717) is 0 Å². The number of rotatable bonds is 6. The van der Waals surface area contributed by atoms with Gasteiger partial charge in [-0.25, -0.2) is 0 Å². The standard InChI is InChI=1S/C16H18ClNO2.BrH/c1-12-11-15(17)18(10-6-2-3-9-16(19)20)14-8-5-4-7-13(12)14;/h4-5,7-8,11H,2-3,6,9-10H2,1H3;1H. The SMILES string of the molecule is Cc1cc(Cl)[n+](CCCCCC(=O)O)c2ccccc12.[Br-]. The van der Waals surface area contributed by atoms with Crippen LogP contribution in [0.3, 0.4) is 0 Å². The van der Waals surface area contributed by atoms with Crippen LogP contribution in [0.2, 0.25) is 5.15 Å². The quantitative estimate of drug-likeness (QED) is 0.462. The van der Waals surface area contributed by atoms with Gasteiger partial charge in [0, 0.05) is 30.4 Å². The van der Waals surface area contributed by atoms with Crippen LogP contribution in [0.1, 0.15) is 31.2 Å². The number of nitrogens with zero attached hydrogens (tertiary/aromatic N) is 1. The van der Waals surface area contributed by atoms with Gasteiger partial charge in [0.1, 0.15) is 0 Å². The zero-order valence-electron chi connectivity index (χ0n) is 12.0. The molecule has 0 saturated carbocycles. The normalized spacial score (nSPS) is 10.4. The molecule has 21 heavy (non-hydrogen) atoms. The van der Waals surface area contributed by atoms with Gasteiger partial charge in [-0.3, -0.25) is 4.79 Å². The Morgan fingerprint density at radius 2 is 1.95 bits per heavy atom. The fourth-order valence-electron chi connectivity index (χ4n) is 2.44. The molecule has 1 aromatic heterocycles. The summed E-state index contributed by atoms with van der Waals surface area (Å²) in [7, 11) is 0. The lowest BCUT2D eigenvalue weighted by molar-refractivity contribution is -0.669. The number of hydrogen-bond donors (Lipinski definition) is 1. The number of carboxylic acids is 1. The van der Waals surface area contributed by atoms with Gasteiger partial charge in [0.2, 0.25) is 5.52 Å². The number of halogens is 2. The number of benzene rings is 1. The molecule has 0 spiro atoms. The van der Waals surface area contributed by atoms with Crippen molar-refractivity contribution in [1.82, 2.24) is 0 Å². The molecule has 1 heterocycles. The zero-order valence-corrected chi connectivity index (χ0v) is 14.3. The largest absolute Gasteiger partial charge is 1.00 e. The van der Waals surface area contributed by atoms with Gasteiger partial charge in [-0.15, -0.1) is 0 Å². The molecule has 2 rings (SSSR count). The van der Waals surface area contributed by atoms with Crippen LogP contribution in [-0.2, 0) is 11.3 Å². The molecule has 0 bridgehead atoms. The minimum absolute atomic E-state index is 0. The highest BCUT2D eigenvalue weighted by Gasteiger charge is 2.15. The Morgan fingerprint density at radius 1 is 1.24 bits per heavy atom. The first-order chi connectivity index (χ1) is 9.59. The summed E-state index contributed by atoms with van der Waals surface area (Å²) in [6, 6.07) is 10.2. The van der Waals surface area contributed by atoms with E-state index in [1.807, 2.05) is 18.2 Å². The first-order valence-corrected chi connectivity index (χ1v) is 7.27. The number of unbranched alkanes of at least 4 members (excludes halogenated alkanes) is 2. The van der Waals surface area contributed by atoms with Crippen LogP contribution in [0, 0.1) is 6.92 Å². The summed E-state index contributed by atoms with van der Waals surface area (Å²) in [4.78, 5) is 10.5. The average Bonchev–Trinajstić information content (AvgIpc) is 2.41. The predicted molar refractivity (Wildman–Crippen MR) is 80.0 cm³/mol. The van der Waals surface area contributed by atoms with Crippen LogP contribution < -0.4 is 21.5 Å². The van der Waals surface area contributed by atoms with Crippen LogP contribution in [0.15, 0.2) is 30.3 Å². The maximum atomic E-state index is 10.5. The first kappa shape index (κ1) is 17.9. The van der Waals surface area contributed by atoms with Gasteiger partial charge in [-0.05, 0) is 43.0 Å². The monoisotopic (exact) mass is 371 g/mol. The second-order valence-corrected chi connectivity index (χ2v) is 5.41. The summed E-state index contributed by atoms with van der Waals surface area (Å²) in [5.74, 6) is -0.725. The number of pyridine rings is 1. The lowest BCUT2D eigenvalue weighted by Crippen LogP contribution is -3.00. The van der Waals surface area contributed by atoms with Crippen LogP contribution in [0.4, 0.5) is 0 Å². The number of carboxylic acid groups (broad SMARTS) is 1. The molecule has 0 radical (unpaired) electrons. The van der Waals surface area contributed by atoms with Crippen molar-refractivity contribution in [3.8, 4) is 0 Å². The van der Waals surface area contributed by atoms with E-state index in [-0.39, 0.29) is 23.4 Å². The molecular weight excluding hydrogens is 354 g/mol. The maximum Gasteiger partial charge on any atom is 0.303 e. The summed E-state index contributed by atoms with van der Waals surface area (Å²) in [6.07, 6.45) is 2.80. The summed E-state index contributed by atoms with van der Waals surface area (Å²) in [6.45, 7) is 2.88. The molecule has 0 amide bonds. The van der Waals surface area contributed by atoms with Crippen LogP contribution >= 0.6 is 11.6 Å². The third-order valence-corrected chi connectivity index (χ3v) is 3.80. The minimum Gasteiger partial charge on any atom is -1.00 e. The Hall–Kier alpha value is -1.13. The van der Waals surface area contributed by atoms with Crippen LogP contribution in [0.5, 0.6) is 0 Å². The van der Waals surface area contributed by atoms with Gasteiger partial charge < -0.3 is 22.1 Å². The van der Waals surface area contributed by atoms with E-state index in [4.69, 9.17) is 16.7 Å². The molecular formula is C16H19BrClNO2. The maximum absolute atomic E-state index is 10.5. The molecule has 3 nitrogen and oxygen atoms in total. The zero-order chi connectivity index (χ0) is 14.5. The molecule has 1 aromatic carbocycles. The van der Waals surface area contributed by atoms with E-state index >= 15 is 0 Å². The van der Waals surface area contributed by atoms with Crippen LogP contribution in [-0.4, -0.2) is 11.1 Å². The lowest BCUT2D eigenvalue weighted by Gasteiger charge is -2.06. The molecule has 0 aliphatic carbocycles. The lowest BCUT2D eigenvalue weighted by atomic mass is 10.1. The van der Waals surface area contributed by atoms with Gasteiger partial charge in [0.15, 0.2) is 6.54 Å². The third-order valence-electron chi connectivity index (χ3n) is 3.49. The van der Waals surface area contributed by atoms with Gasteiger partial charge >= 0.3 is 5.97 Å². The molecule has 0 unspecified atom stereocenters. The number of carbonyl (C=O) groups is 1. The molecule has 1 N–H and O–H groups in total. The highest BCUT2D eigenvalue weighted by molar-refractivity contribution is 6.28. The van der Waals surface area contributed by atoms with Crippen molar-refractivity contribution in [2.45, 2.75) is 39.2 Å². The highest BCUT2D eigenvalue weighted by atomic mass is 79.9. The molecule has 0 fully saturated rings. The molecule has 0 aliphatic heterocycles. The number of para-hydroxylation sites is 1. The van der Waals surface area contributed by atoms with Gasteiger partial charge in [0.25, 0.3) is 5.15 Å². The van der Waals surface area contributed by atoms with Crippen molar-refractivity contribution in [2.75, 3.05) is 0 Å². The summed E-state index contributed by atoms with van der Waals surface area (Å²) in [5, 5.41) is 10.6. The van der Waals surface area contributed by atoms with E-state index in [0.717, 1.165) is 36.5 Å². The second-order valence-electron chi connectivity index (χ2n) is 5.02. The number of hydrogen-bond acceptors (Lipinski definition) is 1. The Bertz CT molecular complexity index is 631. The van der Waals surface area contributed by atoms with Crippen molar-refractivity contribution in [1.29, 1.82) is 0 Å². The van der Waals surface area contributed by atoms with E-state index in [2.05, 4.69) is 23.6 Å². The summed E-state index contributed by atoms with van der Waals surface area (Å²) >= 11 is 6.34. The smallest absolute Gasteiger partial charge is 0.303 e. The van der Waals surface area contributed by atoms with Crippen molar-refractivity contribution in [3.05, 3.63) is 41.0 Å². The topological polar surface area (TPSA) is 41.2 Å². The molecule has 0 aliphatic rings. The molecule has 114 valence electrons.